The van der Waals surface area contributed by atoms with Crippen LogP contribution in [0.4, 0.5) is 10.5 Å². The fourth-order valence-corrected chi connectivity index (χ4v) is 1.88. The molecule has 1 fully saturated rings. The molecular weight excluding hydrogens is 256 g/mol. The maximum absolute atomic E-state index is 10.9. The highest BCUT2D eigenvalue weighted by Crippen LogP contribution is 2.15. The zero-order valence-corrected chi connectivity index (χ0v) is 11.1. The van der Waals surface area contributed by atoms with Gasteiger partial charge in [0.25, 0.3) is 0 Å². The van der Waals surface area contributed by atoms with Gasteiger partial charge in [-0.1, -0.05) is 12.1 Å². The van der Waals surface area contributed by atoms with Crippen molar-refractivity contribution in [3.63, 3.8) is 0 Å². The normalized spacial score (nSPS) is 17.8. The topological polar surface area (TPSA) is 86.8 Å². The zero-order valence-electron chi connectivity index (χ0n) is 11.1. The summed E-state index contributed by atoms with van der Waals surface area (Å²) < 4.78 is 4.84. The van der Waals surface area contributed by atoms with Crippen molar-refractivity contribution in [3.8, 4) is 6.07 Å². The Bertz CT molecular complexity index is 519. The molecule has 0 saturated carbocycles. The second-order valence-electron chi connectivity index (χ2n) is 4.54. The van der Waals surface area contributed by atoms with Crippen LogP contribution in [0.1, 0.15) is 18.4 Å². The summed E-state index contributed by atoms with van der Waals surface area (Å²) in [5.74, 6) is 0. The first-order valence-corrected chi connectivity index (χ1v) is 6.54. The maximum atomic E-state index is 10.9. The van der Waals surface area contributed by atoms with Gasteiger partial charge in [-0.2, -0.15) is 15.5 Å². The number of alkyl carbamates (subject to hydrolysis) is 1. The smallest absolute Gasteiger partial charge is 0.407 e. The van der Waals surface area contributed by atoms with E-state index in [0.717, 1.165) is 24.1 Å². The lowest BCUT2D eigenvalue weighted by Gasteiger charge is -2.06. The summed E-state index contributed by atoms with van der Waals surface area (Å²) in [5.41, 5.74) is 1.90. The Kier molecular flexibility index (Phi) is 5.07. The van der Waals surface area contributed by atoms with Gasteiger partial charge in [0.15, 0.2) is 0 Å². The molecular formula is C14H16N4O2. The van der Waals surface area contributed by atoms with Gasteiger partial charge in [-0.05, 0) is 30.5 Å². The van der Waals surface area contributed by atoms with Crippen LogP contribution >= 0.6 is 0 Å². The highest BCUT2D eigenvalue weighted by Gasteiger charge is 2.21. The van der Waals surface area contributed by atoms with Gasteiger partial charge in [-0.15, -0.1) is 0 Å². The van der Waals surface area contributed by atoms with Gasteiger partial charge >= 0.3 is 6.09 Å². The van der Waals surface area contributed by atoms with Crippen molar-refractivity contribution >= 4 is 11.8 Å². The van der Waals surface area contributed by atoms with Crippen LogP contribution in [0.25, 0.3) is 0 Å². The van der Waals surface area contributed by atoms with Crippen LogP contribution in [0.15, 0.2) is 34.5 Å². The number of unbranched alkanes of at least 4 members (excludes halogenated alkanes) is 1. The Hall–Kier alpha value is -2.42. The summed E-state index contributed by atoms with van der Waals surface area (Å²) in [6, 6.07) is 9.82. The second kappa shape index (κ2) is 7.24. The minimum Gasteiger partial charge on any atom is -0.447 e. The van der Waals surface area contributed by atoms with E-state index in [2.05, 4.69) is 21.6 Å². The van der Waals surface area contributed by atoms with E-state index >= 15 is 0 Å². The number of hydrogen-bond acceptors (Lipinski definition) is 5. The molecule has 1 amide bonds. The van der Waals surface area contributed by atoms with Gasteiger partial charge in [-0.3, -0.25) is 0 Å². The Morgan fingerprint density at radius 3 is 2.85 bits per heavy atom. The molecule has 0 radical (unpaired) electrons. The number of ether oxygens (including phenoxy) is 1. The average Bonchev–Trinajstić information content (AvgIpc) is 2.86. The van der Waals surface area contributed by atoms with E-state index in [1.807, 2.05) is 24.3 Å². The minimum atomic E-state index is -0.349. The van der Waals surface area contributed by atoms with E-state index in [1.54, 1.807) is 0 Å². The summed E-state index contributed by atoms with van der Waals surface area (Å²) in [5, 5.41) is 19.2. The molecule has 1 saturated heterocycles. The number of nitriles is 1. The van der Waals surface area contributed by atoms with Crippen molar-refractivity contribution in [2.45, 2.75) is 25.3 Å². The molecule has 2 rings (SSSR count). The molecule has 1 aromatic rings. The van der Waals surface area contributed by atoms with Crippen LogP contribution in [-0.2, 0) is 11.2 Å². The largest absolute Gasteiger partial charge is 0.447 e. The molecule has 0 spiro atoms. The highest BCUT2D eigenvalue weighted by atomic mass is 16.6. The summed E-state index contributed by atoms with van der Waals surface area (Å²) in [6.07, 6.45) is 1.63. The summed E-state index contributed by atoms with van der Waals surface area (Å²) in [4.78, 5) is 10.9. The van der Waals surface area contributed by atoms with E-state index in [9.17, 15) is 4.79 Å². The number of nitrogens with one attached hydrogen (secondary N) is 1. The van der Waals surface area contributed by atoms with Gasteiger partial charge in [-0.25, -0.2) is 4.79 Å². The van der Waals surface area contributed by atoms with E-state index < -0.39 is 0 Å². The van der Waals surface area contributed by atoms with Crippen LogP contribution in [-0.4, -0.2) is 25.3 Å². The Balaban J connectivity index is 1.80. The molecule has 104 valence electrons. The molecule has 6 nitrogen and oxygen atoms in total. The number of benzene rings is 1. The van der Waals surface area contributed by atoms with Gasteiger partial charge in [0.2, 0.25) is 0 Å². The minimum absolute atomic E-state index is 0.0426. The van der Waals surface area contributed by atoms with Crippen molar-refractivity contribution in [2.24, 2.45) is 10.2 Å². The van der Waals surface area contributed by atoms with E-state index in [-0.39, 0.29) is 12.1 Å². The quantitative estimate of drug-likeness (QED) is 0.638. The molecule has 0 aromatic heterocycles. The lowest BCUT2D eigenvalue weighted by atomic mass is 10.1. The molecule has 0 bridgehead atoms. The van der Waals surface area contributed by atoms with E-state index in [1.165, 1.54) is 0 Å². The number of rotatable bonds is 6. The lowest BCUT2D eigenvalue weighted by molar-refractivity contribution is 0.177. The Labute approximate surface area is 117 Å². The standard InChI is InChI=1S/C14H16N4O2/c15-7-1-2-8-16-18-12-5-3-11(4-6-12)9-13-10-20-14(19)17-13/h3-6,13H,1-2,8-10H2,(H,17,19). The van der Waals surface area contributed by atoms with Gasteiger partial charge in [0.1, 0.15) is 6.61 Å². The Morgan fingerprint density at radius 1 is 1.40 bits per heavy atom. The maximum Gasteiger partial charge on any atom is 0.407 e. The third kappa shape index (κ3) is 4.35. The summed E-state index contributed by atoms with van der Waals surface area (Å²) in [7, 11) is 0. The van der Waals surface area contributed by atoms with Crippen molar-refractivity contribution in [1.82, 2.24) is 5.32 Å². The molecule has 1 aliphatic rings. The van der Waals surface area contributed by atoms with Crippen LogP contribution in [0.3, 0.4) is 0 Å². The average molecular weight is 272 g/mol. The number of cyclic esters (lactones) is 1. The fraction of sp³-hybridized carbons (Fsp3) is 0.429. The number of azo groups is 1. The van der Waals surface area contributed by atoms with E-state index in [0.29, 0.717) is 19.6 Å². The van der Waals surface area contributed by atoms with Crippen LogP contribution in [0, 0.1) is 11.3 Å². The number of nitrogens with zero attached hydrogens (tertiary/aromatic N) is 3. The van der Waals surface area contributed by atoms with Crippen molar-refractivity contribution in [1.29, 1.82) is 5.26 Å². The van der Waals surface area contributed by atoms with Gasteiger partial charge < -0.3 is 10.1 Å². The predicted molar refractivity (Wildman–Crippen MR) is 72.6 cm³/mol. The lowest BCUT2D eigenvalue weighted by Crippen LogP contribution is -2.28. The monoisotopic (exact) mass is 272 g/mol. The van der Waals surface area contributed by atoms with Crippen LogP contribution in [0.2, 0.25) is 0 Å². The SMILES string of the molecule is N#CCCCN=Nc1ccc(CC2COC(=O)N2)cc1. The predicted octanol–water partition coefficient (Wildman–Crippen LogP) is 2.72. The second-order valence-corrected chi connectivity index (χ2v) is 4.54. The molecule has 1 aromatic carbocycles. The van der Waals surface area contributed by atoms with Crippen molar-refractivity contribution in [3.05, 3.63) is 29.8 Å². The van der Waals surface area contributed by atoms with Gasteiger partial charge in [0.05, 0.1) is 24.3 Å². The molecule has 1 N–H and O–H groups in total. The number of amides is 1. The summed E-state index contributed by atoms with van der Waals surface area (Å²) >= 11 is 0. The first-order valence-electron chi connectivity index (χ1n) is 6.54. The van der Waals surface area contributed by atoms with E-state index in [4.69, 9.17) is 10.00 Å². The molecule has 1 atom stereocenters. The molecule has 6 heteroatoms. The van der Waals surface area contributed by atoms with Crippen LogP contribution in [0.5, 0.6) is 0 Å². The molecule has 20 heavy (non-hydrogen) atoms. The Morgan fingerprint density at radius 2 is 2.20 bits per heavy atom. The number of hydrogen-bond donors (Lipinski definition) is 1. The first-order chi connectivity index (χ1) is 9.78. The first kappa shape index (κ1) is 14.0. The van der Waals surface area contributed by atoms with Crippen LogP contribution < -0.4 is 5.32 Å². The molecule has 1 heterocycles. The molecule has 1 aliphatic heterocycles. The third-order valence-corrected chi connectivity index (χ3v) is 2.89. The summed E-state index contributed by atoms with van der Waals surface area (Å²) in [6.45, 7) is 0.986. The number of carbonyl (C=O) groups is 1. The number of carbonyl (C=O) groups excluding carboxylic acids is 1. The highest BCUT2D eigenvalue weighted by molar-refractivity contribution is 5.69. The fourth-order valence-electron chi connectivity index (χ4n) is 1.88. The van der Waals surface area contributed by atoms with Gasteiger partial charge in [0, 0.05) is 6.42 Å². The third-order valence-electron chi connectivity index (χ3n) is 2.89. The molecule has 1 unspecified atom stereocenters. The van der Waals surface area contributed by atoms with Crippen molar-refractivity contribution < 1.29 is 9.53 Å². The zero-order chi connectivity index (χ0) is 14.2. The van der Waals surface area contributed by atoms with Crippen molar-refractivity contribution in [2.75, 3.05) is 13.2 Å². The molecule has 0 aliphatic carbocycles.